The second-order valence-corrected chi connectivity index (χ2v) is 3.16. The Morgan fingerprint density at radius 2 is 1.80 bits per heavy atom. The fourth-order valence-electron chi connectivity index (χ4n) is 1.06. The Labute approximate surface area is 90.6 Å². The van der Waals surface area contributed by atoms with Crippen molar-refractivity contribution in [1.29, 1.82) is 5.26 Å². The molecule has 0 heterocycles. The lowest BCUT2D eigenvalue weighted by Gasteiger charge is -2.22. The maximum Gasteiger partial charge on any atom is 0.239 e. The molecule has 5 nitrogen and oxygen atoms in total. The zero-order chi connectivity index (χ0) is 11.7. The summed E-state index contributed by atoms with van der Waals surface area (Å²) in [6.45, 7) is 3.51. The summed E-state index contributed by atoms with van der Waals surface area (Å²) in [4.78, 5) is 13.3. The highest BCUT2D eigenvalue weighted by molar-refractivity contribution is 5.80. The van der Waals surface area contributed by atoms with E-state index < -0.39 is 5.92 Å². The van der Waals surface area contributed by atoms with Crippen molar-refractivity contribution in [3.05, 3.63) is 0 Å². The zero-order valence-electron chi connectivity index (χ0n) is 9.52. The van der Waals surface area contributed by atoms with Crippen LogP contribution in [-0.4, -0.2) is 51.3 Å². The summed E-state index contributed by atoms with van der Waals surface area (Å²) >= 11 is 0. The van der Waals surface area contributed by atoms with Crippen molar-refractivity contribution in [1.82, 2.24) is 4.90 Å². The van der Waals surface area contributed by atoms with Gasteiger partial charge in [-0.05, 0) is 6.92 Å². The molecule has 1 atom stereocenters. The quantitative estimate of drug-likeness (QED) is 0.610. The number of nitriles is 1. The second-order valence-electron chi connectivity index (χ2n) is 3.16. The van der Waals surface area contributed by atoms with Crippen LogP contribution in [0.4, 0.5) is 0 Å². The standard InChI is InChI=1S/C10H18N2O3/c1-9(8-11)10(13)12(4-6-14-2)5-7-15-3/h9H,4-7H2,1-3H3. The molecule has 0 bridgehead atoms. The molecule has 0 aliphatic rings. The monoisotopic (exact) mass is 214 g/mol. The van der Waals surface area contributed by atoms with Gasteiger partial charge in [-0.2, -0.15) is 5.26 Å². The number of ether oxygens (including phenoxy) is 2. The highest BCUT2D eigenvalue weighted by Crippen LogP contribution is 2.01. The number of methoxy groups -OCH3 is 2. The lowest BCUT2D eigenvalue weighted by molar-refractivity contribution is -0.134. The first-order valence-electron chi connectivity index (χ1n) is 4.83. The van der Waals surface area contributed by atoms with E-state index in [4.69, 9.17) is 14.7 Å². The summed E-state index contributed by atoms with van der Waals surface area (Å²) in [5, 5.41) is 8.64. The third kappa shape index (κ3) is 5.35. The van der Waals surface area contributed by atoms with Crippen LogP contribution in [-0.2, 0) is 14.3 Å². The molecule has 86 valence electrons. The molecule has 0 saturated heterocycles. The molecule has 0 aliphatic carbocycles. The van der Waals surface area contributed by atoms with E-state index in [2.05, 4.69) is 0 Å². The topological polar surface area (TPSA) is 62.6 Å². The normalized spacial score (nSPS) is 11.9. The summed E-state index contributed by atoms with van der Waals surface area (Å²) in [7, 11) is 3.15. The molecule has 0 N–H and O–H groups in total. The molecular formula is C10H18N2O3. The van der Waals surface area contributed by atoms with Gasteiger partial charge in [0.25, 0.3) is 0 Å². The van der Waals surface area contributed by atoms with Gasteiger partial charge in [-0.15, -0.1) is 0 Å². The van der Waals surface area contributed by atoms with Crippen molar-refractivity contribution in [2.24, 2.45) is 5.92 Å². The minimum absolute atomic E-state index is 0.174. The Balaban J connectivity index is 4.21. The molecule has 0 spiro atoms. The van der Waals surface area contributed by atoms with Crippen LogP contribution >= 0.6 is 0 Å². The summed E-state index contributed by atoms with van der Waals surface area (Å²) in [6, 6.07) is 1.93. The maximum atomic E-state index is 11.7. The molecule has 0 fully saturated rings. The van der Waals surface area contributed by atoms with Gasteiger partial charge in [0.1, 0.15) is 5.92 Å². The van der Waals surface area contributed by atoms with Gasteiger partial charge in [-0.25, -0.2) is 0 Å². The lowest BCUT2D eigenvalue weighted by Crippen LogP contribution is -2.39. The highest BCUT2D eigenvalue weighted by atomic mass is 16.5. The van der Waals surface area contributed by atoms with Crippen molar-refractivity contribution >= 4 is 5.91 Å². The van der Waals surface area contributed by atoms with Gasteiger partial charge < -0.3 is 14.4 Å². The van der Waals surface area contributed by atoms with E-state index in [1.807, 2.05) is 6.07 Å². The number of hydrogen-bond donors (Lipinski definition) is 0. The fraction of sp³-hybridized carbons (Fsp3) is 0.800. The predicted octanol–water partition coefficient (Wildman–Crippen LogP) is 0.267. The third-order valence-corrected chi connectivity index (χ3v) is 2.01. The van der Waals surface area contributed by atoms with E-state index in [0.29, 0.717) is 26.3 Å². The molecule has 0 aliphatic heterocycles. The average molecular weight is 214 g/mol. The molecule has 1 unspecified atom stereocenters. The lowest BCUT2D eigenvalue weighted by atomic mass is 10.2. The largest absolute Gasteiger partial charge is 0.383 e. The van der Waals surface area contributed by atoms with Crippen LogP contribution in [0.5, 0.6) is 0 Å². The van der Waals surface area contributed by atoms with E-state index in [1.54, 1.807) is 26.0 Å². The highest BCUT2D eigenvalue weighted by Gasteiger charge is 2.19. The number of nitrogens with zero attached hydrogens (tertiary/aromatic N) is 2. The summed E-state index contributed by atoms with van der Waals surface area (Å²) in [6.07, 6.45) is 0. The van der Waals surface area contributed by atoms with Gasteiger partial charge in [0.15, 0.2) is 0 Å². The Hall–Kier alpha value is -1.12. The van der Waals surface area contributed by atoms with Crippen LogP contribution in [0, 0.1) is 17.2 Å². The van der Waals surface area contributed by atoms with Crippen LogP contribution in [0.15, 0.2) is 0 Å². The molecular weight excluding hydrogens is 196 g/mol. The Bertz CT molecular complexity index is 217. The van der Waals surface area contributed by atoms with Crippen molar-refractivity contribution in [3.8, 4) is 6.07 Å². The molecule has 15 heavy (non-hydrogen) atoms. The second kappa shape index (κ2) is 8.21. The van der Waals surface area contributed by atoms with E-state index in [9.17, 15) is 4.79 Å². The first kappa shape index (κ1) is 13.9. The van der Waals surface area contributed by atoms with E-state index in [1.165, 1.54) is 0 Å². The third-order valence-electron chi connectivity index (χ3n) is 2.01. The predicted molar refractivity (Wildman–Crippen MR) is 55.1 cm³/mol. The number of carbonyl (C=O) groups is 1. The minimum atomic E-state index is -0.612. The van der Waals surface area contributed by atoms with Crippen molar-refractivity contribution < 1.29 is 14.3 Å². The van der Waals surface area contributed by atoms with Gasteiger partial charge in [0.2, 0.25) is 5.91 Å². The number of carbonyl (C=O) groups excluding carboxylic acids is 1. The number of rotatable bonds is 7. The van der Waals surface area contributed by atoms with Crippen LogP contribution in [0.3, 0.4) is 0 Å². The van der Waals surface area contributed by atoms with Crippen molar-refractivity contribution in [2.75, 3.05) is 40.5 Å². The van der Waals surface area contributed by atoms with Gasteiger partial charge in [-0.3, -0.25) is 4.79 Å². The van der Waals surface area contributed by atoms with Crippen molar-refractivity contribution in [3.63, 3.8) is 0 Å². The number of hydrogen-bond acceptors (Lipinski definition) is 4. The Morgan fingerprint density at radius 3 is 2.13 bits per heavy atom. The molecule has 0 saturated carbocycles. The molecule has 1 amide bonds. The first-order valence-corrected chi connectivity index (χ1v) is 4.83. The SMILES string of the molecule is COCCN(CCOC)C(=O)C(C)C#N. The first-order chi connectivity index (χ1) is 7.17. The smallest absolute Gasteiger partial charge is 0.239 e. The fourth-order valence-corrected chi connectivity index (χ4v) is 1.06. The molecule has 0 rings (SSSR count). The molecule has 0 aromatic carbocycles. The van der Waals surface area contributed by atoms with Crippen LogP contribution < -0.4 is 0 Å². The van der Waals surface area contributed by atoms with Crippen LogP contribution in [0.2, 0.25) is 0 Å². The van der Waals surface area contributed by atoms with Gasteiger partial charge >= 0.3 is 0 Å². The summed E-state index contributed by atoms with van der Waals surface area (Å²) in [5.41, 5.74) is 0. The van der Waals surface area contributed by atoms with Crippen LogP contribution in [0.25, 0.3) is 0 Å². The molecule has 0 aromatic heterocycles. The maximum absolute atomic E-state index is 11.7. The van der Waals surface area contributed by atoms with Crippen molar-refractivity contribution in [2.45, 2.75) is 6.92 Å². The minimum Gasteiger partial charge on any atom is -0.383 e. The van der Waals surface area contributed by atoms with E-state index in [0.717, 1.165) is 0 Å². The zero-order valence-corrected chi connectivity index (χ0v) is 9.52. The van der Waals surface area contributed by atoms with Crippen LogP contribution in [0.1, 0.15) is 6.92 Å². The molecule has 5 heteroatoms. The Morgan fingerprint density at radius 1 is 1.33 bits per heavy atom. The molecule has 0 radical (unpaired) electrons. The Kier molecular flexibility index (Phi) is 7.60. The van der Waals surface area contributed by atoms with Gasteiger partial charge in [-0.1, -0.05) is 0 Å². The van der Waals surface area contributed by atoms with E-state index in [-0.39, 0.29) is 5.91 Å². The van der Waals surface area contributed by atoms with E-state index >= 15 is 0 Å². The molecule has 0 aromatic rings. The summed E-state index contributed by atoms with van der Waals surface area (Å²) < 4.78 is 9.80. The van der Waals surface area contributed by atoms with Gasteiger partial charge in [0, 0.05) is 27.3 Å². The average Bonchev–Trinajstić information content (AvgIpc) is 2.27. The number of amides is 1. The van der Waals surface area contributed by atoms with Gasteiger partial charge in [0.05, 0.1) is 19.3 Å². The summed E-state index contributed by atoms with van der Waals surface area (Å²) in [5.74, 6) is -0.787.